The summed E-state index contributed by atoms with van der Waals surface area (Å²) >= 11 is 7.42. The molecule has 0 bridgehead atoms. The van der Waals surface area contributed by atoms with Gasteiger partial charge in [0, 0.05) is 49.3 Å². The number of halogens is 1. The monoisotopic (exact) mass is 348 g/mol. The third-order valence-electron chi connectivity index (χ3n) is 5.04. The summed E-state index contributed by atoms with van der Waals surface area (Å²) < 4.78 is 0. The molecule has 3 heteroatoms. The van der Waals surface area contributed by atoms with Crippen molar-refractivity contribution in [3.8, 4) is 0 Å². The molecule has 0 aliphatic carbocycles. The van der Waals surface area contributed by atoms with Gasteiger partial charge in [-0.15, -0.1) is 11.6 Å². The van der Waals surface area contributed by atoms with Gasteiger partial charge in [-0.2, -0.15) is 0 Å². The number of anilines is 3. The SMILES string of the molecule is CN(C)c1ccc2c(c1)N(C)c1ccccc1[C@@]2(Cl)c1ccccc1. The zero-order chi connectivity index (χ0) is 17.6. The van der Waals surface area contributed by atoms with E-state index in [0.717, 1.165) is 33.8 Å². The average molecular weight is 349 g/mol. The largest absolute Gasteiger partial charge is 0.378 e. The summed E-state index contributed by atoms with van der Waals surface area (Å²) in [6, 6.07) is 25.3. The Labute approximate surface area is 154 Å². The highest BCUT2D eigenvalue weighted by Crippen LogP contribution is 2.54. The molecule has 1 aliphatic heterocycles. The molecule has 0 fully saturated rings. The average Bonchev–Trinajstić information content (AvgIpc) is 2.66. The number of hydrogen-bond donors (Lipinski definition) is 0. The molecular weight excluding hydrogens is 328 g/mol. The summed E-state index contributed by atoms with van der Waals surface area (Å²) in [5.41, 5.74) is 6.78. The van der Waals surface area contributed by atoms with Gasteiger partial charge in [-0.3, -0.25) is 0 Å². The van der Waals surface area contributed by atoms with Gasteiger partial charge < -0.3 is 9.80 Å². The fourth-order valence-electron chi connectivity index (χ4n) is 3.68. The van der Waals surface area contributed by atoms with Gasteiger partial charge in [0.2, 0.25) is 0 Å². The van der Waals surface area contributed by atoms with Crippen molar-refractivity contribution in [3.63, 3.8) is 0 Å². The second kappa shape index (κ2) is 5.82. The molecule has 0 amide bonds. The van der Waals surface area contributed by atoms with Crippen LogP contribution in [0.4, 0.5) is 17.1 Å². The van der Waals surface area contributed by atoms with Crippen molar-refractivity contribution in [2.45, 2.75) is 4.87 Å². The lowest BCUT2D eigenvalue weighted by atomic mass is 9.79. The Balaban J connectivity index is 2.05. The second-order valence-corrected chi connectivity index (χ2v) is 7.26. The maximum Gasteiger partial charge on any atom is 0.123 e. The van der Waals surface area contributed by atoms with Crippen LogP contribution in [0.5, 0.6) is 0 Å². The maximum absolute atomic E-state index is 7.42. The van der Waals surface area contributed by atoms with E-state index in [2.05, 4.69) is 85.5 Å². The lowest BCUT2D eigenvalue weighted by Gasteiger charge is -2.41. The van der Waals surface area contributed by atoms with E-state index in [9.17, 15) is 0 Å². The lowest BCUT2D eigenvalue weighted by Crippen LogP contribution is -2.32. The van der Waals surface area contributed by atoms with Crippen LogP contribution in [0.2, 0.25) is 0 Å². The number of fused-ring (bicyclic) bond motifs is 2. The van der Waals surface area contributed by atoms with E-state index in [0.29, 0.717) is 0 Å². The predicted molar refractivity (Wildman–Crippen MR) is 107 cm³/mol. The van der Waals surface area contributed by atoms with E-state index in [1.54, 1.807) is 0 Å². The molecule has 0 spiro atoms. The Morgan fingerprint density at radius 3 is 2.16 bits per heavy atom. The summed E-state index contributed by atoms with van der Waals surface area (Å²) in [6.07, 6.45) is 0. The minimum atomic E-state index is -0.690. The van der Waals surface area contributed by atoms with E-state index < -0.39 is 4.87 Å². The standard InChI is InChI=1S/C22H21ClN2/c1-24(2)17-13-14-19-21(15-17)25(3)20-12-8-7-11-18(20)22(19,23)16-9-5-4-6-10-16/h4-15H,1-3H3/t22-/m0/s1. The van der Waals surface area contributed by atoms with Crippen LogP contribution in [0.1, 0.15) is 16.7 Å². The van der Waals surface area contributed by atoms with E-state index >= 15 is 0 Å². The van der Waals surface area contributed by atoms with Crippen LogP contribution in [0.3, 0.4) is 0 Å². The van der Waals surface area contributed by atoms with Gasteiger partial charge in [-0.25, -0.2) is 0 Å². The molecule has 3 aromatic rings. The molecule has 0 radical (unpaired) electrons. The van der Waals surface area contributed by atoms with E-state index in [-0.39, 0.29) is 0 Å². The molecule has 0 saturated carbocycles. The highest BCUT2D eigenvalue weighted by molar-refractivity contribution is 6.29. The third-order valence-corrected chi connectivity index (χ3v) is 5.66. The van der Waals surface area contributed by atoms with Gasteiger partial charge in [-0.1, -0.05) is 54.6 Å². The summed E-state index contributed by atoms with van der Waals surface area (Å²) in [4.78, 5) is 3.67. The number of hydrogen-bond acceptors (Lipinski definition) is 2. The molecule has 3 aromatic carbocycles. The van der Waals surface area contributed by atoms with Crippen molar-refractivity contribution in [2.75, 3.05) is 30.9 Å². The Kier molecular flexibility index (Phi) is 3.73. The predicted octanol–water partition coefficient (Wildman–Crippen LogP) is 5.36. The number of rotatable bonds is 2. The Hall–Kier alpha value is -2.45. The normalized spacial score (nSPS) is 18.5. The number of benzene rings is 3. The smallest absolute Gasteiger partial charge is 0.123 e. The molecular formula is C22H21ClN2. The minimum Gasteiger partial charge on any atom is -0.378 e. The van der Waals surface area contributed by atoms with E-state index in [1.165, 1.54) is 0 Å². The van der Waals surface area contributed by atoms with Crippen molar-refractivity contribution in [1.82, 2.24) is 0 Å². The molecule has 0 aromatic heterocycles. The first-order valence-corrected chi connectivity index (χ1v) is 8.81. The molecule has 1 atom stereocenters. The van der Waals surface area contributed by atoms with Crippen molar-refractivity contribution in [1.29, 1.82) is 0 Å². The zero-order valence-electron chi connectivity index (χ0n) is 14.7. The third kappa shape index (κ3) is 2.32. The minimum absolute atomic E-state index is 0.690. The topological polar surface area (TPSA) is 6.48 Å². The van der Waals surface area contributed by atoms with Gasteiger partial charge in [0.1, 0.15) is 4.87 Å². The molecule has 1 aliphatic rings. The molecule has 25 heavy (non-hydrogen) atoms. The molecule has 0 unspecified atom stereocenters. The van der Waals surface area contributed by atoms with Crippen molar-refractivity contribution < 1.29 is 0 Å². The number of para-hydroxylation sites is 1. The van der Waals surface area contributed by atoms with Crippen LogP contribution in [0, 0.1) is 0 Å². The van der Waals surface area contributed by atoms with Crippen LogP contribution < -0.4 is 9.80 Å². The molecule has 1 heterocycles. The summed E-state index contributed by atoms with van der Waals surface area (Å²) in [6.45, 7) is 0. The van der Waals surface area contributed by atoms with Crippen LogP contribution in [-0.2, 0) is 4.87 Å². The number of nitrogens with zero attached hydrogens (tertiary/aromatic N) is 2. The van der Waals surface area contributed by atoms with Crippen LogP contribution in [0.25, 0.3) is 0 Å². The van der Waals surface area contributed by atoms with Crippen LogP contribution >= 0.6 is 11.6 Å². The number of alkyl halides is 1. The Morgan fingerprint density at radius 2 is 1.44 bits per heavy atom. The maximum atomic E-state index is 7.42. The van der Waals surface area contributed by atoms with Crippen LogP contribution in [0.15, 0.2) is 72.8 Å². The molecule has 4 rings (SSSR count). The highest BCUT2D eigenvalue weighted by atomic mass is 35.5. The van der Waals surface area contributed by atoms with Gasteiger partial charge >= 0.3 is 0 Å². The molecule has 0 N–H and O–H groups in total. The van der Waals surface area contributed by atoms with Gasteiger partial charge in [0.15, 0.2) is 0 Å². The van der Waals surface area contributed by atoms with Crippen molar-refractivity contribution in [3.05, 3.63) is 89.5 Å². The molecule has 126 valence electrons. The van der Waals surface area contributed by atoms with E-state index in [4.69, 9.17) is 11.6 Å². The van der Waals surface area contributed by atoms with E-state index in [1.807, 2.05) is 18.2 Å². The Bertz CT molecular complexity index is 920. The quantitative estimate of drug-likeness (QED) is 0.575. The fraction of sp³-hybridized carbons (Fsp3) is 0.182. The van der Waals surface area contributed by atoms with Gasteiger partial charge in [0.05, 0.1) is 0 Å². The first kappa shape index (κ1) is 16.0. The Morgan fingerprint density at radius 1 is 0.800 bits per heavy atom. The second-order valence-electron chi connectivity index (χ2n) is 6.70. The summed E-state index contributed by atoms with van der Waals surface area (Å²) in [7, 11) is 6.23. The first-order valence-electron chi connectivity index (χ1n) is 8.43. The van der Waals surface area contributed by atoms with Crippen molar-refractivity contribution in [2.24, 2.45) is 0 Å². The zero-order valence-corrected chi connectivity index (χ0v) is 15.5. The van der Waals surface area contributed by atoms with Crippen molar-refractivity contribution >= 4 is 28.7 Å². The lowest BCUT2D eigenvalue weighted by molar-refractivity contribution is 0.845. The summed E-state index contributed by atoms with van der Waals surface area (Å²) in [5, 5.41) is 0. The van der Waals surface area contributed by atoms with Gasteiger partial charge in [-0.05, 0) is 23.8 Å². The van der Waals surface area contributed by atoms with Crippen LogP contribution in [-0.4, -0.2) is 21.1 Å². The van der Waals surface area contributed by atoms with Gasteiger partial charge in [0.25, 0.3) is 0 Å². The summed E-state index contributed by atoms with van der Waals surface area (Å²) in [5.74, 6) is 0. The molecule has 0 saturated heterocycles. The first-order chi connectivity index (χ1) is 12.0. The fourth-order valence-corrected chi connectivity index (χ4v) is 4.12. The molecule has 2 nitrogen and oxygen atoms in total. The highest BCUT2D eigenvalue weighted by Gasteiger charge is 2.42.